The molecule has 9 atom stereocenters. The molecule has 1 fully saturated rings. The van der Waals surface area contributed by atoms with E-state index in [4.69, 9.17) is 10.5 Å². The molecule has 8 amide bonds. The molecule has 1 aliphatic heterocycles. The summed E-state index contributed by atoms with van der Waals surface area (Å²) in [6.07, 6.45) is -4.56. The molecule has 1 aliphatic rings. The smallest absolute Gasteiger partial charge is 0.328 e. The third kappa shape index (κ3) is 17.4. The molecule has 2 aromatic rings. The number of aliphatic hydroxyl groups is 1. The third-order valence-corrected chi connectivity index (χ3v) is 10.4. The van der Waals surface area contributed by atoms with Gasteiger partial charge < -0.3 is 52.8 Å². The van der Waals surface area contributed by atoms with Crippen LogP contribution in [0.15, 0.2) is 60.7 Å². The zero-order chi connectivity index (χ0) is 50.1. The number of nitrogens with one attached hydrogen (secondary N) is 7. The summed E-state index contributed by atoms with van der Waals surface area (Å²) in [5.74, 6) is -13.5. The molecular formula is C46H62N8O13. The van der Waals surface area contributed by atoms with Crippen LogP contribution in [0.5, 0.6) is 0 Å². The van der Waals surface area contributed by atoms with Crippen molar-refractivity contribution in [2.45, 2.75) is 135 Å². The van der Waals surface area contributed by atoms with Crippen LogP contribution in [0, 0.1) is 11.8 Å². The van der Waals surface area contributed by atoms with Gasteiger partial charge in [0.25, 0.3) is 11.7 Å². The van der Waals surface area contributed by atoms with Gasteiger partial charge >= 0.3 is 5.97 Å². The number of Topliss-reactive ketones (excluding diaryl/α,β-unsaturated/α-hetero) is 2. The number of ether oxygens (including phenoxy) is 1. The Morgan fingerprint density at radius 1 is 0.687 bits per heavy atom. The summed E-state index contributed by atoms with van der Waals surface area (Å²) in [5, 5.41) is 27.5. The van der Waals surface area contributed by atoms with Crippen LogP contribution in [0.25, 0.3) is 0 Å². The zero-order valence-electron chi connectivity index (χ0n) is 38.6. The van der Waals surface area contributed by atoms with E-state index in [1.165, 1.54) is 6.92 Å². The van der Waals surface area contributed by atoms with Crippen molar-refractivity contribution < 1.29 is 62.6 Å². The molecule has 0 unspecified atom stereocenters. The van der Waals surface area contributed by atoms with Crippen molar-refractivity contribution in [3.8, 4) is 0 Å². The van der Waals surface area contributed by atoms with E-state index in [2.05, 4.69) is 37.2 Å². The maximum absolute atomic E-state index is 14.2. The molecule has 0 spiro atoms. The summed E-state index contributed by atoms with van der Waals surface area (Å²) in [7, 11) is 0. The Bertz CT molecular complexity index is 2130. The van der Waals surface area contributed by atoms with Crippen LogP contribution in [0.4, 0.5) is 0 Å². The Morgan fingerprint density at radius 3 is 1.78 bits per heavy atom. The van der Waals surface area contributed by atoms with Crippen molar-refractivity contribution >= 4 is 64.8 Å². The normalized spacial score (nSPS) is 22.6. The number of hydrogen-bond donors (Lipinski definition) is 9. The molecule has 10 N–H and O–H groups in total. The number of nitrogens with two attached hydrogens (primary N) is 1. The van der Waals surface area contributed by atoms with Crippen molar-refractivity contribution in [1.29, 1.82) is 0 Å². The lowest BCUT2D eigenvalue weighted by Gasteiger charge is -2.31. The lowest BCUT2D eigenvalue weighted by Crippen LogP contribution is -2.63. The average Bonchev–Trinajstić information content (AvgIpc) is 3.25. The van der Waals surface area contributed by atoms with E-state index in [1.54, 1.807) is 88.4 Å². The Labute approximate surface area is 388 Å². The Hall–Kier alpha value is -7.03. The van der Waals surface area contributed by atoms with Crippen molar-refractivity contribution in [2.24, 2.45) is 17.6 Å². The number of carbonyl (C=O) groups is 11. The standard InChI is InChI=1S/C46H62N8O13/c1-23(2)18-30-38(58)39(59)45(65)52-31(19-24(3)4)41(61)51-33(22-34(47)56)40(60)48-25(5)46(66)67-27(7)37(44(64)50-30)54-43(63)36(26(6)55)53-42(62)32(20-28-14-10-8-11-15-28)49-35(57)21-29-16-12-9-13-17-29/h8-17,23-27,30-33,36-37,55H,18-22H2,1-7H3,(H2,47,56)(H,48,60)(H,49,57)(H,50,64)(H,51,61)(H,52,65)(H,53,62)(H,54,63)/t25-,26-,27-,30+,31+,32+,33+,36+,37+/m1/s1. The van der Waals surface area contributed by atoms with E-state index in [0.717, 1.165) is 13.8 Å². The number of rotatable bonds is 16. The second kappa shape index (κ2) is 25.6. The highest BCUT2D eigenvalue weighted by Gasteiger charge is 2.40. The number of cyclic esters (lactones) is 1. The largest absolute Gasteiger partial charge is 0.458 e. The molecule has 0 aromatic heterocycles. The minimum atomic E-state index is -1.95. The van der Waals surface area contributed by atoms with E-state index in [9.17, 15) is 57.8 Å². The van der Waals surface area contributed by atoms with E-state index in [1.807, 2.05) is 0 Å². The molecule has 21 heteroatoms. The van der Waals surface area contributed by atoms with Gasteiger partial charge in [0, 0.05) is 6.42 Å². The first-order chi connectivity index (χ1) is 31.5. The molecule has 0 bridgehead atoms. The van der Waals surface area contributed by atoms with Crippen molar-refractivity contribution in [2.75, 3.05) is 0 Å². The molecule has 1 heterocycles. The van der Waals surface area contributed by atoms with Crippen LogP contribution in [0.3, 0.4) is 0 Å². The quantitative estimate of drug-likeness (QED) is 0.0672. The number of primary amides is 1. The second-order valence-corrected chi connectivity index (χ2v) is 17.3. The number of carbonyl (C=O) groups excluding carboxylic acids is 11. The first kappa shape index (κ1) is 54.3. The van der Waals surface area contributed by atoms with Gasteiger partial charge in [0.05, 0.1) is 25.0 Å². The van der Waals surface area contributed by atoms with Crippen LogP contribution in [-0.2, 0) is 70.3 Å². The van der Waals surface area contributed by atoms with Gasteiger partial charge in [0.1, 0.15) is 42.4 Å². The summed E-state index contributed by atoms with van der Waals surface area (Å²) in [6, 6.07) is 5.80. The second-order valence-electron chi connectivity index (χ2n) is 17.3. The zero-order valence-corrected chi connectivity index (χ0v) is 38.6. The lowest BCUT2D eigenvalue weighted by molar-refractivity contribution is -0.156. The number of ketones is 2. The summed E-state index contributed by atoms with van der Waals surface area (Å²) in [4.78, 5) is 148. The maximum Gasteiger partial charge on any atom is 0.328 e. The van der Waals surface area contributed by atoms with Gasteiger partial charge in [0.2, 0.25) is 47.1 Å². The van der Waals surface area contributed by atoms with Crippen molar-refractivity contribution in [3.63, 3.8) is 0 Å². The molecule has 364 valence electrons. The fourth-order valence-corrected chi connectivity index (χ4v) is 6.95. The van der Waals surface area contributed by atoms with Crippen LogP contribution >= 0.6 is 0 Å². The van der Waals surface area contributed by atoms with E-state index in [-0.39, 0.29) is 31.6 Å². The predicted molar refractivity (Wildman–Crippen MR) is 239 cm³/mol. The number of esters is 1. The van der Waals surface area contributed by atoms with Gasteiger partial charge in [-0.3, -0.25) is 47.9 Å². The minimum Gasteiger partial charge on any atom is -0.458 e. The first-order valence-electron chi connectivity index (χ1n) is 21.9. The van der Waals surface area contributed by atoms with Gasteiger partial charge in [0.15, 0.2) is 0 Å². The molecule has 0 aliphatic carbocycles. The number of benzene rings is 2. The molecular weight excluding hydrogens is 873 g/mol. The molecule has 3 rings (SSSR count). The molecule has 67 heavy (non-hydrogen) atoms. The van der Waals surface area contributed by atoms with E-state index < -0.39 is 132 Å². The summed E-state index contributed by atoms with van der Waals surface area (Å²) in [5.41, 5.74) is 6.64. The minimum absolute atomic E-state index is 0.0376. The van der Waals surface area contributed by atoms with Gasteiger partial charge in [-0.2, -0.15) is 0 Å². The van der Waals surface area contributed by atoms with Gasteiger partial charge in [-0.1, -0.05) is 88.4 Å². The predicted octanol–water partition coefficient (Wildman–Crippen LogP) is -1.68. The van der Waals surface area contributed by atoms with Crippen LogP contribution in [0.2, 0.25) is 0 Å². The molecule has 2 aromatic carbocycles. The molecule has 21 nitrogen and oxygen atoms in total. The van der Waals surface area contributed by atoms with Crippen molar-refractivity contribution in [1.82, 2.24) is 37.2 Å². The fraction of sp³-hybridized carbons (Fsp3) is 0.500. The number of aliphatic hydroxyl groups excluding tert-OH is 1. The van der Waals surface area contributed by atoms with Crippen LogP contribution < -0.4 is 43.0 Å². The number of hydrogen-bond acceptors (Lipinski definition) is 13. The average molecular weight is 935 g/mol. The van der Waals surface area contributed by atoms with Gasteiger partial charge in [-0.25, -0.2) is 4.79 Å². The molecule has 1 saturated heterocycles. The fourth-order valence-electron chi connectivity index (χ4n) is 6.95. The first-order valence-corrected chi connectivity index (χ1v) is 21.9. The van der Waals surface area contributed by atoms with Gasteiger partial charge in [-0.15, -0.1) is 0 Å². The van der Waals surface area contributed by atoms with Crippen LogP contribution in [0.1, 0.15) is 78.9 Å². The Balaban J connectivity index is 2.03. The highest BCUT2D eigenvalue weighted by molar-refractivity contribution is 6.64. The highest BCUT2D eigenvalue weighted by atomic mass is 16.5. The SMILES string of the molecule is CC(C)C[C@@H]1NC(=O)C(=O)C(=O)[C@H](CC(C)C)NC(=O)[C@@H](NC(=O)[C@@H](NC(=O)[C@H](Cc2ccccc2)NC(=O)Cc2ccccc2)[C@@H](C)O)[C@@H](C)OC(=O)[C@@H](C)NC(=O)[C@H](CC(N)=O)NC1=O. The topological polar surface area (TPSA) is 327 Å². The highest BCUT2D eigenvalue weighted by Crippen LogP contribution is 2.13. The molecule has 0 radical (unpaired) electrons. The molecule has 0 saturated carbocycles. The third-order valence-electron chi connectivity index (χ3n) is 10.4. The number of amides is 8. The summed E-state index contributed by atoms with van der Waals surface area (Å²) in [6.45, 7) is 10.1. The van der Waals surface area contributed by atoms with Crippen LogP contribution in [-0.4, -0.2) is 124 Å². The summed E-state index contributed by atoms with van der Waals surface area (Å²) >= 11 is 0. The Morgan fingerprint density at radius 2 is 1.22 bits per heavy atom. The van der Waals surface area contributed by atoms with Crippen molar-refractivity contribution in [3.05, 3.63) is 71.8 Å². The van der Waals surface area contributed by atoms with Gasteiger partial charge in [-0.05, 0) is 56.6 Å². The lowest BCUT2D eigenvalue weighted by atomic mass is 9.96. The maximum atomic E-state index is 14.2. The van der Waals surface area contributed by atoms with E-state index in [0.29, 0.717) is 11.1 Å². The Kier molecular flexibility index (Phi) is 20.8. The monoisotopic (exact) mass is 934 g/mol. The summed E-state index contributed by atoms with van der Waals surface area (Å²) < 4.78 is 5.52. The van der Waals surface area contributed by atoms with E-state index >= 15 is 0 Å².